The van der Waals surface area contributed by atoms with Gasteiger partial charge in [-0.2, -0.15) is 0 Å². The maximum Gasteiger partial charge on any atom is 0.240 e. The molecular formula is C28H26O4S. The standard InChI is InChI=1S/C28H26O4S/c1-19-5-7-26(17-21(19)3)30-23-9-11-25(12-10-23)32-33(29)28-15-13-24(14-16-28)31-27-8-6-20(2)22(4)18-27/h5-18H,1-4H3. The lowest BCUT2D eigenvalue weighted by Crippen LogP contribution is -2.01. The highest BCUT2D eigenvalue weighted by molar-refractivity contribution is 7.80. The van der Waals surface area contributed by atoms with E-state index in [2.05, 4.69) is 20.8 Å². The van der Waals surface area contributed by atoms with Gasteiger partial charge < -0.3 is 13.7 Å². The lowest BCUT2D eigenvalue weighted by molar-refractivity contribution is 0.480. The first-order chi connectivity index (χ1) is 15.9. The Morgan fingerprint density at radius 2 is 0.879 bits per heavy atom. The summed E-state index contributed by atoms with van der Waals surface area (Å²) in [5.41, 5.74) is 4.78. The molecule has 0 N–H and O–H groups in total. The van der Waals surface area contributed by atoms with E-state index in [9.17, 15) is 4.21 Å². The van der Waals surface area contributed by atoms with Crippen LogP contribution in [0.3, 0.4) is 0 Å². The molecule has 0 amide bonds. The summed E-state index contributed by atoms with van der Waals surface area (Å²) in [6.45, 7) is 8.23. The first-order valence-electron chi connectivity index (χ1n) is 10.7. The molecule has 0 aliphatic carbocycles. The maximum absolute atomic E-state index is 12.6. The lowest BCUT2D eigenvalue weighted by atomic mass is 10.1. The minimum atomic E-state index is -1.64. The van der Waals surface area contributed by atoms with Crippen LogP contribution in [0.2, 0.25) is 0 Å². The van der Waals surface area contributed by atoms with Gasteiger partial charge in [-0.3, -0.25) is 0 Å². The highest BCUT2D eigenvalue weighted by Gasteiger charge is 2.09. The highest BCUT2D eigenvalue weighted by atomic mass is 32.2. The van der Waals surface area contributed by atoms with E-state index in [1.807, 2.05) is 43.3 Å². The van der Waals surface area contributed by atoms with Crippen LogP contribution in [0.5, 0.6) is 28.7 Å². The molecule has 5 heteroatoms. The average molecular weight is 459 g/mol. The molecule has 0 aliphatic heterocycles. The summed E-state index contributed by atoms with van der Waals surface area (Å²) in [5, 5.41) is 0. The zero-order valence-electron chi connectivity index (χ0n) is 19.1. The minimum absolute atomic E-state index is 0.497. The Bertz CT molecular complexity index is 1280. The van der Waals surface area contributed by atoms with Gasteiger partial charge in [0.25, 0.3) is 0 Å². The lowest BCUT2D eigenvalue weighted by Gasteiger charge is -2.10. The van der Waals surface area contributed by atoms with Gasteiger partial charge in [0, 0.05) is 0 Å². The van der Waals surface area contributed by atoms with Crippen LogP contribution in [-0.2, 0) is 11.1 Å². The van der Waals surface area contributed by atoms with Crippen LogP contribution in [0.1, 0.15) is 22.3 Å². The Kier molecular flexibility index (Phi) is 6.80. The Labute approximate surface area is 197 Å². The highest BCUT2D eigenvalue weighted by Crippen LogP contribution is 2.27. The molecule has 0 bridgehead atoms. The van der Waals surface area contributed by atoms with Gasteiger partial charge in [0.15, 0.2) is 0 Å². The predicted molar refractivity (Wildman–Crippen MR) is 132 cm³/mol. The fraction of sp³-hybridized carbons (Fsp3) is 0.143. The smallest absolute Gasteiger partial charge is 0.240 e. The number of hydrogen-bond acceptors (Lipinski definition) is 4. The molecule has 4 aromatic carbocycles. The van der Waals surface area contributed by atoms with Crippen LogP contribution >= 0.6 is 0 Å². The van der Waals surface area contributed by atoms with Crippen molar-refractivity contribution >= 4 is 11.1 Å². The fourth-order valence-electron chi connectivity index (χ4n) is 3.14. The molecule has 0 aliphatic rings. The van der Waals surface area contributed by atoms with E-state index in [0.29, 0.717) is 22.1 Å². The van der Waals surface area contributed by atoms with Gasteiger partial charge in [0.05, 0.1) is 4.90 Å². The van der Waals surface area contributed by atoms with Gasteiger partial charge in [-0.1, -0.05) is 12.1 Å². The fourth-order valence-corrected chi connectivity index (χ4v) is 3.88. The van der Waals surface area contributed by atoms with Crippen LogP contribution in [0.15, 0.2) is 89.8 Å². The third-order valence-electron chi connectivity index (χ3n) is 5.44. The monoisotopic (exact) mass is 458 g/mol. The van der Waals surface area contributed by atoms with E-state index in [4.69, 9.17) is 13.7 Å². The van der Waals surface area contributed by atoms with Crippen LogP contribution in [0, 0.1) is 27.7 Å². The second-order valence-corrected chi connectivity index (χ2v) is 9.06. The van der Waals surface area contributed by atoms with Crippen LogP contribution in [0.4, 0.5) is 0 Å². The first kappa shape index (κ1) is 22.6. The average Bonchev–Trinajstić information content (AvgIpc) is 2.80. The van der Waals surface area contributed by atoms with Crippen molar-refractivity contribution in [3.8, 4) is 28.7 Å². The largest absolute Gasteiger partial charge is 0.457 e. The van der Waals surface area contributed by atoms with Crippen molar-refractivity contribution in [2.24, 2.45) is 0 Å². The number of rotatable bonds is 7. The van der Waals surface area contributed by atoms with Crippen LogP contribution in [0.25, 0.3) is 0 Å². The van der Waals surface area contributed by atoms with E-state index in [1.165, 1.54) is 22.3 Å². The van der Waals surface area contributed by atoms with Gasteiger partial charge in [-0.05, 0) is 123 Å². The first-order valence-corrected chi connectivity index (χ1v) is 11.8. The third-order valence-corrected chi connectivity index (χ3v) is 6.44. The van der Waals surface area contributed by atoms with E-state index in [1.54, 1.807) is 48.5 Å². The zero-order chi connectivity index (χ0) is 23.4. The van der Waals surface area contributed by atoms with E-state index < -0.39 is 11.1 Å². The summed E-state index contributed by atoms with van der Waals surface area (Å²) in [6, 6.07) is 26.1. The molecule has 4 rings (SSSR count). The molecule has 0 radical (unpaired) electrons. The molecule has 0 fully saturated rings. The SMILES string of the molecule is Cc1ccc(Oc2ccc(OS(=O)c3ccc(Oc4ccc(C)c(C)c4)cc3)cc2)cc1C. The molecule has 1 atom stereocenters. The molecule has 0 aromatic heterocycles. The number of ether oxygens (including phenoxy) is 2. The van der Waals surface area contributed by atoms with E-state index in [-0.39, 0.29) is 0 Å². The normalized spacial score (nSPS) is 11.6. The number of hydrogen-bond donors (Lipinski definition) is 0. The predicted octanol–water partition coefficient (Wildman–Crippen LogP) is 7.61. The van der Waals surface area contributed by atoms with Gasteiger partial charge in [0.1, 0.15) is 28.7 Å². The molecule has 0 saturated carbocycles. The van der Waals surface area contributed by atoms with Gasteiger partial charge in [0.2, 0.25) is 11.1 Å². The molecule has 0 saturated heterocycles. The van der Waals surface area contributed by atoms with Gasteiger partial charge in [-0.15, -0.1) is 0 Å². The summed E-state index contributed by atoms with van der Waals surface area (Å²) >= 11 is -1.64. The Balaban J connectivity index is 1.36. The van der Waals surface area contributed by atoms with Crippen molar-refractivity contribution < 1.29 is 17.9 Å². The summed E-state index contributed by atoms with van der Waals surface area (Å²) in [6.07, 6.45) is 0. The Morgan fingerprint density at radius 1 is 0.485 bits per heavy atom. The van der Waals surface area contributed by atoms with E-state index >= 15 is 0 Å². The van der Waals surface area contributed by atoms with Crippen molar-refractivity contribution in [1.29, 1.82) is 0 Å². The third kappa shape index (κ3) is 5.82. The van der Waals surface area contributed by atoms with Crippen molar-refractivity contribution in [2.45, 2.75) is 32.6 Å². The topological polar surface area (TPSA) is 44.8 Å². The zero-order valence-corrected chi connectivity index (χ0v) is 19.9. The second kappa shape index (κ2) is 9.92. The molecule has 0 spiro atoms. The van der Waals surface area contributed by atoms with Gasteiger partial charge >= 0.3 is 0 Å². The number of aryl methyl sites for hydroxylation is 4. The Morgan fingerprint density at radius 3 is 1.33 bits per heavy atom. The van der Waals surface area contributed by atoms with Crippen molar-refractivity contribution in [3.05, 3.63) is 107 Å². The quantitative estimate of drug-likeness (QED) is 0.286. The molecule has 168 valence electrons. The van der Waals surface area contributed by atoms with E-state index in [0.717, 1.165) is 11.5 Å². The second-order valence-electron chi connectivity index (χ2n) is 7.96. The molecule has 1 unspecified atom stereocenters. The molecule has 4 nitrogen and oxygen atoms in total. The number of benzene rings is 4. The Hall–Kier alpha value is -3.57. The molecule has 33 heavy (non-hydrogen) atoms. The molecular weight excluding hydrogens is 432 g/mol. The molecule has 0 heterocycles. The van der Waals surface area contributed by atoms with Gasteiger partial charge in [-0.25, -0.2) is 4.21 Å². The van der Waals surface area contributed by atoms with Crippen molar-refractivity contribution in [2.75, 3.05) is 0 Å². The molecule has 4 aromatic rings. The van der Waals surface area contributed by atoms with Crippen molar-refractivity contribution in [1.82, 2.24) is 0 Å². The summed E-state index contributed by atoms with van der Waals surface area (Å²) < 4.78 is 30.0. The minimum Gasteiger partial charge on any atom is -0.457 e. The maximum atomic E-state index is 12.6. The van der Waals surface area contributed by atoms with Crippen LogP contribution in [-0.4, -0.2) is 4.21 Å². The summed E-state index contributed by atoms with van der Waals surface area (Å²) in [7, 11) is 0. The summed E-state index contributed by atoms with van der Waals surface area (Å²) in [4.78, 5) is 0.554. The van der Waals surface area contributed by atoms with Crippen LogP contribution < -0.4 is 13.7 Å². The summed E-state index contributed by atoms with van der Waals surface area (Å²) in [5.74, 6) is 3.40. The van der Waals surface area contributed by atoms with Crippen molar-refractivity contribution in [3.63, 3.8) is 0 Å².